The SMILES string of the molecule is CN=C1/C(=N\NC)c2ccccc2N(C(C)=O)Cc2ccccc21. The van der Waals surface area contributed by atoms with E-state index in [1.54, 1.807) is 25.9 Å². The van der Waals surface area contributed by atoms with Gasteiger partial charge in [0.1, 0.15) is 5.71 Å². The van der Waals surface area contributed by atoms with Crippen molar-refractivity contribution >= 4 is 23.0 Å². The molecule has 2 aromatic carbocycles. The minimum Gasteiger partial charge on any atom is -0.312 e. The summed E-state index contributed by atoms with van der Waals surface area (Å²) in [5.74, 6) is -0.00190. The summed E-state index contributed by atoms with van der Waals surface area (Å²) < 4.78 is 0. The molecule has 0 spiro atoms. The van der Waals surface area contributed by atoms with Gasteiger partial charge in [0.05, 0.1) is 17.9 Å². The number of para-hydroxylation sites is 1. The van der Waals surface area contributed by atoms with Gasteiger partial charge in [-0.15, -0.1) is 0 Å². The summed E-state index contributed by atoms with van der Waals surface area (Å²) in [6.45, 7) is 2.10. The third-order valence-electron chi connectivity index (χ3n) is 4.10. The molecule has 0 aliphatic carbocycles. The second-order valence-corrected chi connectivity index (χ2v) is 5.54. The molecule has 1 aliphatic heterocycles. The Kier molecular flexibility index (Phi) is 4.42. The molecule has 5 nitrogen and oxygen atoms in total. The summed E-state index contributed by atoms with van der Waals surface area (Å²) in [6, 6.07) is 15.8. The van der Waals surface area contributed by atoms with Crippen LogP contribution in [0.1, 0.15) is 23.6 Å². The van der Waals surface area contributed by atoms with Crippen molar-refractivity contribution in [3.05, 3.63) is 65.2 Å². The number of carbonyl (C=O) groups is 1. The van der Waals surface area contributed by atoms with Crippen LogP contribution >= 0.6 is 0 Å². The Labute approximate surface area is 141 Å². The highest BCUT2D eigenvalue weighted by Crippen LogP contribution is 2.29. The van der Waals surface area contributed by atoms with E-state index in [9.17, 15) is 4.79 Å². The Morgan fingerprint density at radius 2 is 1.71 bits per heavy atom. The molecule has 24 heavy (non-hydrogen) atoms. The topological polar surface area (TPSA) is 57.1 Å². The van der Waals surface area contributed by atoms with Crippen molar-refractivity contribution in [1.82, 2.24) is 5.43 Å². The van der Waals surface area contributed by atoms with Crippen LogP contribution < -0.4 is 10.3 Å². The van der Waals surface area contributed by atoms with Crippen molar-refractivity contribution in [2.45, 2.75) is 13.5 Å². The molecule has 1 amide bonds. The van der Waals surface area contributed by atoms with Crippen LogP contribution in [0.3, 0.4) is 0 Å². The summed E-state index contributed by atoms with van der Waals surface area (Å²) in [5.41, 5.74) is 8.19. The van der Waals surface area contributed by atoms with Gasteiger partial charge in [-0.3, -0.25) is 9.79 Å². The monoisotopic (exact) mass is 320 g/mol. The van der Waals surface area contributed by atoms with Gasteiger partial charge in [0, 0.05) is 32.1 Å². The van der Waals surface area contributed by atoms with Gasteiger partial charge >= 0.3 is 0 Å². The fourth-order valence-corrected chi connectivity index (χ4v) is 3.04. The van der Waals surface area contributed by atoms with Crippen LogP contribution in [0.15, 0.2) is 58.6 Å². The fourth-order valence-electron chi connectivity index (χ4n) is 3.04. The van der Waals surface area contributed by atoms with E-state index in [0.717, 1.165) is 33.8 Å². The first kappa shape index (κ1) is 15.9. The van der Waals surface area contributed by atoms with Crippen molar-refractivity contribution in [1.29, 1.82) is 0 Å². The van der Waals surface area contributed by atoms with Crippen LogP contribution in [0.5, 0.6) is 0 Å². The number of fused-ring (bicyclic) bond motifs is 2. The maximum absolute atomic E-state index is 12.3. The van der Waals surface area contributed by atoms with Crippen molar-refractivity contribution in [2.24, 2.45) is 10.1 Å². The number of anilines is 1. The molecule has 0 saturated carbocycles. The lowest BCUT2D eigenvalue weighted by Crippen LogP contribution is -2.34. The number of rotatable bonds is 1. The van der Waals surface area contributed by atoms with E-state index in [0.29, 0.717) is 6.54 Å². The van der Waals surface area contributed by atoms with Gasteiger partial charge < -0.3 is 10.3 Å². The molecule has 0 bridgehead atoms. The standard InChI is InChI=1S/C19H20N4O/c1-13(24)23-12-14-8-4-5-9-15(14)18(20-2)19(22-21-3)16-10-6-7-11-17(16)23/h4-11,21H,12H2,1-3H3/b20-18?,22-19-. The van der Waals surface area contributed by atoms with E-state index in [4.69, 9.17) is 0 Å². The Hall–Kier alpha value is -2.95. The number of benzene rings is 2. The number of aliphatic imine (C=N–C) groups is 1. The Morgan fingerprint density at radius 1 is 1.04 bits per heavy atom. The predicted octanol–water partition coefficient (Wildman–Crippen LogP) is 2.60. The lowest BCUT2D eigenvalue weighted by atomic mass is 9.92. The van der Waals surface area contributed by atoms with Gasteiger partial charge in [0.2, 0.25) is 5.91 Å². The summed E-state index contributed by atoms with van der Waals surface area (Å²) in [4.78, 5) is 18.6. The quantitative estimate of drug-likeness (QED) is 0.821. The van der Waals surface area contributed by atoms with E-state index < -0.39 is 0 Å². The van der Waals surface area contributed by atoms with Crippen LogP contribution in [0.25, 0.3) is 0 Å². The zero-order chi connectivity index (χ0) is 17.1. The average molecular weight is 320 g/mol. The maximum Gasteiger partial charge on any atom is 0.224 e. The molecule has 0 radical (unpaired) electrons. The zero-order valence-electron chi connectivity index (χ0n) is 14.1. The second kappa shape index (κ2) is 6.66. The number of hydrazone groups is 1. The molecule has 1 heterocycles. The van der Waals surface area contributed by atoms with E-state index in [2.05, 4.69) is 15.5 Å². The van der Waals surface area contributed by atoms with Crippen LogP contribution in [0.4, 0.5) is 5.69 Å². The molecule has 122 valence electrons. The molecule has 0 aromatic heterocycles. The van der Waals surface area contributed by atoms with E-state index >= 15 is 0 Å². The minimum atomic E-state index is -0.00190. The van der Waals surface area contributed by atoms with Gasteiger partial charge in [-0.2, -0.15) is 5.10 Å². The van der Waals surface area contributed by atoms with Crippen LogP contribution in [0, 0.1) is 0 Å². The molecule has 1 N–H and O–H groups in total. The Balaban J connectivity index is 2.34. The summed E-state index contributed by atoms with van der Waals surface area (Å²) >= 11 is 0. The molecular weight excluding hydrogens is 300 g/mol. The highest BCUT2D eigenvalue weighted by atomic mass is 16.2. The molecule has 2 aromatic rings. The van der Waals surface area contributed by atoms with Gasteiger partial charge in [-0.25, -0.2) is 0 Å². The van der Waals surface area contributed by atoms with Gasteiger partial charge in [0.25, 0.3) is 0 Å². The van der Waals surface area contributed by atoms with Crippen molar-refractivity contribution in [2.75, 3.05) is 19.0 Å². The van der Waals surface area contributed by atoms with Crippen LogP contribution in [-0.2, 0) is 11.3 Å². The summed E-state index contributed by atoms with van der Waals surface area (Å²) in [7, 11) is 3.53. The predicted molar refractivity (Wildman–Crippen MR) is 97.8 cm³/mol. The first-order valence-electron chi connectivity index (χ1n) is 7.84. The zero-order valence-corrected chi connectivity index (χ0v) is 14.1. The van der Waals surface area contributed by atoms with Crippen molar-refractivity contribution < 1.29 is 4.79 Å². The first-order valence-corrected chi connectivity index (χ1v) is 7.84. The van der Waals surface area contributed by atoms with Crippen LogP contribution in [-0.4, -0.2) is 31.4 Å². The number of hydrogen-bond acceptors (Lipinski definition) is 4. The third-order valence-corrected chi connectivity index (χ3v) is 4.10. The lowest BCUT2D eigenvalue weighted by molar-refractivity contribution is -0.116. The molecule has 1 aliphatic rings. The normalized spacial score (nSPS) is 17.0. The van der Waals surface area contributed by atoms with E-state index in [1.807, 2.05) is 48.5 Å². The average Bonchev–Trinajstić information content (AvgIpc) is 2.59. The molecule has 0 unspecified atom stereocenters. The second-order valence-electron chi connectivity index (χ2n) is 5.54. The van der Waals surface area contributed by atoms with E-state index in [1.165, 1.54) is 0 Å². The maximum atomic E-state index is 12.3. The van der Waals surface area contributed by atoms with Crippen LogP contribution in [0.2, 0.25) is 0 Å². The molecular formula is C19H20N4O. The molecule has 0 fully saturated rings. The molecule has 0 atom stereocenters. The van der Waals surface area contributed by atoms with Gasteiger partial charge in [-0.1, -0.05) is 42.5 Å². The molecule has 3 rings (SSSR count). The molecule has 0 saturated heterocycles. The highest BCUT2D eigenvalue weighted by molar-refractivity contribution is 6.54. The smallest absolute Gasteiger partial charge is 0.224 e. The Bertz CT molecular complexity index is 839. The van der Waals surface area contributed by atoms with Crippen molar-refractivity contribution in [3.63, 3.8) is 0 Å². The van der Waals surface area contributed by atoms with Gasteiger partial charge in [0.15, 0.2) is 0 Å². The fraction of sp³-hybridized carbons (Fsp3) is 0.211. The largest absolute Gasteiger partial charge is 0.312 e. The third kappa shape index (κ3) is 2.69. The summed E-state index contributed by atoms with van der Waals surface area (Å²) in [6.07, 6.45) is 0. The summed E-state index contributed by atoms with van der Waals surface area (Å²) in [5, 5.41) is 4.47. The number of amides is 1. The van der Waals surface area contributed by atoms with Crippen molar-refractivity contribution in [3.8, 4) is 0 Å². The lowest BCUT2D eigenvalue weighted by Gasteiger charge is -2.29. The number of nitrogens with one attached hydrogen (secondary N) is 1. The molecule has 5 heteroatoms. The van der Waals surface area contributed by atoms with Gasteiger partial charge in [-0.05, 0) is 11.6 Å². The van der Waals surface area contributed by atoms with E-state index in [-0.39, 0.29) is 5.91 Å². The minimum absolute atomic E-state index is 0.00190. The number of carbonyl (C=O) groups excluding carboxylic acids is 1. The number of nitrogens with zero attached hydrogens (tertiary/aromatic N) is 3. The first-order chi connectivity index (χ1) is 11.7. The highest BCUT2D eigenvalue weighted by Gasteiger charge is 2.27. The Morgan fingerprint density at radius 3 is 2.38 bits per heavy atom. The number of hydrogen-bond donors (Lipinski definition) is 1.